The Kier molecular flexibility index (Phi) is 6.04. The number of benzene rings is 1. The van der Waals surface area contributed by atoms with Crippen LogP contribution in [0, 0.1) is 5.82 Å². The van der Waals surface area contributed by atoms with Crippen LogP contribution in [-0.4, -0.2) is 35.1 Å². The predicted molar refractivity (Wildman–Crippen MR) is 74.3 cm³/mol. The van der Waals surface area contributed by atoms with Crippen molar-refractivity contribution in [1.29, 1.82) is 0 Å². The zero-order chi connectivity index (χ0) is 14.6. The Morgan fingerprint density at radius 1 is 1.37 bits per heavy atom. The van der Waals surface area contributed by atoms with E-state index in [0.29, 0.717) is 13.0 Å². The fourth-order valence-corrected chi connectivity index (χ4v) is 2.14. The van der Waals surface area contributed by atoms with E-state index >= 15 is 0 Å². The lowest BCUT2D eigenvalue weighted by molar-refractivity contribution is 0.0693. The molecule has 1 amide bonds. The summed E-state index contributed by atoms with van der Waals surface area (Å²) in [6.45, 7) is 4.05. The zero-order valence-electron chi connectivity index (χ0n) is 10.8. The maximum absolute atomic E-state index is 13.4. The van der Waals surface area contributed by atoms with Gasteiger partial charge in [-0.15, -0.1) is 0 Å². The minimum atomic E-state index is -0.680. The van der Waals surface area contributed by atoms with Gasteiger partial charge >= 0.3 is 0 Å². The summed E-state index contributed by atoms with van der Waals surface area (Å²) in [5, 5.41) is 8.84. The molecule has 19 heavy (non-hydrogen) atoms. The summed E-state index contributed by atoms with van der Waals surface area (Å²) in [6, 6.07) is 2.19. The SMILES string of the molecule is CC(C)N(CCCO)C(=O)c1cc(F)c(Cl)cc1Cl. The summed E-state index contributed by atoms with van der Waals surface area (Å²) in [5.41, 5.74) is 0.0789. The van der Waals surface area contributed by atoms with Gasteiger partial charge in [0.2, 0.25) is 0 Å². The van der Waals surface area contributed by atoms with E-state index in [9.17, 15) is 9.18 Å². The first-order chi connectivity index (χ1) is 8.88. The average Bonchev–Trinajstić information content (AvgIpc) is 2.33. The summed E-state index contributed by atoms with van der Waals surface area (Å²) in [5.74, 6) is -1.05. The van der Waals surface area contributed by atoms with Crippen LogP contribution < -0.4 is 0 Å². The van der Waals surface area contributed by atoms with Gasteiger partial charge in [0.25, 0.3) is 5.91 Å². The molecule has 6 heteroatoms. The standard InChI is InChI=1S/C13H16Cl2FNO2/c1-8(2)17(4-3-5-18)13(19)9-6-12(16)11(15)7-10(9)14/h6-8,18H,3-5H2,1-2H3. The van der Waals surface area contributed by atoms with Gasteiger partial charge in [0.1, 0.15) is 5.82 Å². The molecule has 1 N–H and O–H groups in total. The smallest absolute Gasteiger partial charge is 0.255 e. The van der Waals surface area contributed by atoms with Gasteiger partial charge in [-0.1, -0.05) is 23.2 Å². The molecule has 0 spiro atoms. The predicted octanol–water partition coefficient (Wildman–Crippen LogP) is 3.37. The Bertz CT molecular complexity index is 466. The van der Waals surface area contributed by atoms with Gasteiger partial charge < -0.3 is 10.0 Å². The molecule has 0 fully saturated rings. The first-order valence-corrected chi connectivity index (χ1v) is 6.70. The van der Waals surface area contributed by atoms with E-state index in [0.717, 1.165) is 6.07 Å². The second-order valence-corrected chi connectivity index (χ2v) is 5.23. The minimum Gasteiger partial charge on any atom is -0.396 e. The largest absolute Gasteiger partial charge is 0.396 e. The molecule has 1 aromatic rings. The van der Waals surface area contributed by atoms with E-state index in [-0.39, 0.29) is 34.2 Å². The minimum absolute atomic E-state index is 0.0147. The Balaban J connectivity index is 3.06. The normalized spacial score (nSPS) is 10.9. The van der Waals surface area contributed by atoms with Crippen LogP contribution in [0.15, 0.2) is 12.1 Å². The Morgan fingerprint density at radius 3 is 2.53 bits per heavy atom. The van der Waals surface area contributed by atoms with Crippen LogP contribution in [0.1, 0.15) is 30.6 Å². The van der Waals surface area contributed by atoms with Crippen molar-refractivity contribution in [2.75, 3.05) is 13.2 Å². The summed E-state index contributed by atoms with van der Waals surface area (Å²) < 4.78 is 13.4. The maximum atomic E-state index is 13.4. The number of aliphatic hydroxyl groups is 1. The highest BCUT2D eigenvalue weighted by Gasteiger charge is 2.22. The molecule has 1 aromatic carbocycles. The Hall–Kier alpha value is -0.840. The number of amides is 1. The second kappa shape index (κ2) is 7.08. The van der Waals surface area contributed by atoms with E-state index in [2.05, 4.69) is 0 Å². The molecule has 0 aromatic heterocycles. The van der Waals surface area contributed by atoms with Crippen LogP contribution in [-0.2, 0) is 0 Å². The zero-order valence-corrected chi connectivity index (χ0v) is 12.3. The molecular weight excluding hydrogens is 292 g/mol. The van der Waals surface area contributed by atoms with Crippen LogP contribution in [0.3, 0.4) is 0 Å². The van der Waals surface area contributed by atoms with Crippen molar-refractivity contribution < 1.29 is 14.3 Å². The van der Waals surface area contributed by atoms with Gasteiger partial charge in [0, 0.05) is 19.2 Å². The molecule has 0 aliphatic heterocycles. The molecule has 1 rings (SSSR count). The number of aliphatic hydroxyl groups excluding tert-OH is 1. The van der Waals surface area contributed by atoms with E-state index < -0.39 is 5.82 Å². The van der Waals surface area contributed by atoms with Crippen LogP contribution in [0.4, 0.5) is 4.39 Å². The van der Waals surface area contributed by atoms with Crippen LogP contribution >= 0.6 is 23.2 Å². The molecule has 106 valence electrons. The number of rotatable bonds is 5. The number of halogens is 3. The average molecular weight is 308 g/mol. The highest BCUT2D eigenvalue weighted by Crippen LogP contribution is 2.26. The van der Waals surface area contributed by atoms with Crippen molar-refractivity contribution in [3.05, 3.63) is 33.6 Å². The molecule has 0 heterocycles. The van der Waals surface area contributed by atoms with Crippen molar-refractivity contribution in [1.82, 2.24) is 4.90 Å². The van der Waals surface area contributed by atoms with E-state index in [1.165, 1.54) is 11.0 Å². The van der Waals surface area contributed by atoms with Crippen molar-refractivity contribution in [2.24, 2.45) is 0 Å². The first kappa shape index (κ1) is 16.2. The third-order valence-corrected chi connectivity index (χ3v) is 3.28. The third kappa shape index (κ3) is 4.06. The maximum Gasteiger partial charge on any atom is 0.255 e. The third-order valence-electron chi connectivity index (χ3n) is 2.68. The van der Waals surface area contributed by atoms with Crippen molar-refractivity contribution >= 4 is 29.1 Å². The molecule has 0 unspecified atom stereocenters. The van der Waals surface area contributed by atoms with E-state index in [1.807, 2.05) is 13.8 Å². The van der Waals surface area contributed by atoms with Gasteiger partial charge in [-0.2, -0.15) is 0 Å². The fraction of sp³-hybridized carbons (Fsp3) is 0.462. The molecule has 0 bridgehead atoms. The van der Waals surface area contributed by atoms with E-state index in [1.54, 1.807) is 0 Å². The van der Waals surface area contributed by atoms with Crippen molar-refractivity contribution in [3.63, 3.8) is 0 Å². The van der Waals surface area contributed by atoms with Gasteiger partial charge in [-0.25, -0.2) is 4.39 Å². The quantitative estimate of drug-likeness (QED) is 0.847. The molecule has 0 aliphatic carbocycles. The highest BCUT2D eigenvalue weighted by atomic mass is 35.5. The van der Waals surface area contributed by atoms with Crippen molar-refractivity contribution in [2.45, 2.75) is 26.3 Å². The second-order valence-electron chi connectivity index (χ2n) is 4.42. The highest BCUT2D eigenvalue weighted by molar-refractivity contribution is 6.36. The lowest BCUT2D eigenvalue weighted by Crippen LogP contribution is -2.38. The summed E-state index contributed by atoms with van der Waals surface area (Å²) in [7, 11) is 0. The summed E-state index contributed by atoms with van der Waals surface area (Å²) >= 11 is 11.5. The fourth-order valence-electron chi connectivity index (χ4n) is 1.68. The summed E-state index contributed by atoms with van der Waals surface area (Å²) in [4.78, 5) is 13.9. The van der Waals surface area contributed by atoms with Gasteiger partial charge in [-0.3, -0.25) is 4.79 Å². The van der Waals surface area contributed by atoms with Crippen LogP contribution in [0.5, 0.6) is 0 Å². The molecule has 0 saturated heterocycles. The van der Waals surface area contributed by atoms with Gasteiger partial charge in [-0.05, 0) is 32.4 Å². The molecule has 0 saturated carbocycles. The summed E-state index contributed by atoms with van der Waals surface area (Å²) in [6.07, 6.45) is 0.456. The number of hydrogen-bond acceptors (Lipinski definition) is 2. The number of carbonyl (C=O) groups is 1. The molecule has 0 aliphatic rings. The molecule has 0 atom stereocenters. The Morgan fingerprint density at radius 2 is 2.00 bits per heavy atom. The lowest BCUT2D eigenvalue weighted by atomic mass is 10.1. The Labute approximate surface area is 121 Å². The van der Waals surface area contributed by atoms with Crippen molar-refractivity contribution in [3.8, 4) is 0 Å². The van der Waals surface area contributed by atoms with E-state index in [4.69, 9.17) is 28.3 Å². The topological polar surface area (TPSA) is 40.5 Å². The lowest BCUT2D eigenvalue weighted by Gasteiger charge is -2.27. The number of hydrogen-bond donors (Lipinski definition) is 1. The first-order valence-electron chi connectivity index (χ1n) is 5.94. The van der Waals surface area contributed by atoms with Gasteiger partial charge in [0.15, 0.2) is 0 Å². The van der Waals surface area contributed by atoms with Gasteiger partial charge in [0.05, 0.1) is 15.6 Å². The number of nitrogens with zero attached hydrogens (tertiary/aromatic N) is 1. The monoisotopic (exact) mass is 307 g/mol. The van der Waals surface area contributed by atoms with Crippen LogP contribution in [0.2, 0.25) is 10.0 Å². The van der Waals surface area contributed by atoms with Crippen LogP contribution in [0.25, 0.3) is 0 Å². The molecule has 3 nitrogen and oxygen atoms in total. The molecule has 0 radical (unpaired) electrons. The number of carbonyl (C=O) groups excluding carboxylic acids is 1. The molecular formula is C13H16Cl2FNO2.